The average molecular weight is 531 g/mol. The smallest absolute Gasteiger partial charge is 0.251 e. The number of halogens is 1. The van der Waals surface area contributed by atoms with Gasteiger partial charge >= 0.3 is 0 Å². The summed E-state index contributed by atoms with van der Waals surface area (Å²) in [6.45, 7) is 2.94. The number of rotatable bonds is 7. The summed E-state index contributed by atoms with van der Waals surface area (Å²) in [5.41, 5.74) is 5.32. The molecule has 0 bridgehead atoms. The number of nitrogens with two attached hydrogens (primary N) is 1. The summed E-state index contributed by atoms with van der Waals surface area (Å²) < 4.78 is 24.9. The highest BCUT2D eigenvalue weighted by Gasteiger charge is 2.45. The minimum Gasteiger partial charge on any atom is -0.494 e. The van der Waals surface area contributed by atoms with Crippen LogP contribution in [0, 0.1) is 5.82 Å². The number of carbonyl (C=O) groups excluding carboxylic acids is 2. The molecule has 1 aliphatic heterocycles. The molecule has 0 aliphatic carbocycles. The van der Waals surface area contributed by atoms with Gasteiger partial charge in [-0.05, 0) is 62.4 Å². The Balaban J connectivity index is 1.49. The van der Waals surface area contributed by atoms with Gasteiger partial charge in [0.1, 0.15) is 46.1 Å². The maximum absolute atomic E-state index is 13.6. The Morgan fingerprint density at radius 2 is 1.97 bits per heavy atom. The molecule has 4 N–H and O–H groups in total. The fraction of sp³-hybridized carbons (Fsp3) is 0.241. The molecule has 3 heterocycles. The van der Waals surface area contributed by atoms with Crippen LogP contribution in [0.25, 0.3) is 22.2 Å². The minimum atomic E-state index is -1.66. The summed E-state index contributed by atoms with van der Waals surface area (Å²) in [4.78, 5) is 34.4. The molecule has 2 aromatic heterocycles. The molecule has 4 aromatic rings. The zero-order chi connectivity index (χ0) is 27.9. The SMILES string of the molecule is COc1cc(C(=O)NCC(C)(O)c2cc3c(c(-c4ccc(F)cc4)n2)OC[C@]3(C)C(N)=O)cc2cccnc12. The van der Waals surface area contributed by atoms with E-state index in [9.17, 15) is 19.1 Å². The predicted octanol–water partition coefficient (Wildman–Crippen LogP) is 3.22. The fourth-order valence-corrected chi connectivity index (χ4v) is 4.56. The number of nitrogens with one attached hydrogen (secondary N) is 1. The van der Waals surface area contributed by atoms with E-state index in [0.29, 0.717) is 39.4 Å². The van der Waals surface area contributed by atoms with Crippen molar-refractivity contribution in [3.8, 4) is 22.8 Å². The Morgan fingerprint density at radius 1 is 1.23 bits per heavy atom. The monoisotopic (exact) mass is 530 g/mol. The molecule has 39 heavy (non-hydrogen) atoms. The average Bonchev–Trinajstić information content (AvgIpc) is 3.29. The molecule has 5 rings (SSSR count). The van der Waals surface area contributed by atoms with E-state index in [2.05, 4.69) is 15.3 Å². The number of benzene rings is 2. The van der Waals surface area contributed by atoms with E-state index in [4.69, 9.17) is 15.2 Å². The number of hydrogen-bond donors (Lipinski definition) is 3. The van der Waals surface area contributed by atoms with Crippen LogP contribution in [-0.4, -0.2) is 47.2 Å². The number of aromatic nitrogens is 2. The van der Waals surface area contributed by atoms with Crippen LogP contribution in [0.3, 0.4) is 0 Å². The van der Waals surface area contributed by atoms with Crippen molar-refractivity contribution in [2.75, 3.05) is 20.3 Å². The van der Waals surface area contributed by atoms with E-state index in [1.807, 2.05) is 6.07 Å². The summed E-state index contributed by atoms with van der Waals surface area (Å²) in [6, 6.07) is 14.0. The van der Waals surface area contributed by atoms with Gasteiger partial charge in [0.2, 0.25) is 5.91 Å². The second kappa shape index (κ2) is 9.63. The lowest BCUT2D eigenvalue weighted by atomic mass is 9.82. The first kappa shape index (κ1) is 26.1. The van der Waals surface area contributed by atoms with Crippen molar-refractivity contribution >= 4 is 22.7 Å². The van der Waals surface area contributed by atoms with Gasteiger partial charge in [-0.15, -0.1) is 0 Å². The van der Waals surface area contributed by atoms with Gasteiger partial charge in [-0.1, -0.05) is 6.07 Å². The van der Waals surface area contributed by atoms with Crippen LogP contribution in [0.2, 0.25) is 0 Å². The number of amides is 2. The van der Waals surface area contributed by atoms with Crippen LogP contribution < -0.4 is 20.5 Å². The molecular weight excluding hydrogens is 503 g/mol. The Kier molecular flexibility index (Phi) is 6.43. The zero-order valence-electron chi connectivity index (χ0n) is 21.6. The van der Waals surface area contributed by atoms with Crippen LogP contribution >= 0.6 is 0 Å². The highest BCUT2D eigenvalue weighted by molar-refractivity contribution is 6.00. The molecule has 2 atom stereocenters. The van der Waals surface area contributed by atoms with E-state index < -0.39 is 28.6 Å². The van der Waals surface area contributed by atoms with Gasteiger partial charge in [0.15, 0.2) is 0 Å². The predicted molar refractivity (Wildman–Crippen MR) is 142 cm³/mol. The quantitative estimate of drug-likeness (QED) is 0.334. The van der Waals surface area contributed by atoms with Gasteiger partial charge in [0.05, 0.1) is 19.3 Å². The number of fused-ring (bicyclic) bond motifs is 2. The van der Waals surface area contributed by atoms with Crippen LogP contribution in [0.4, 0.5) is 4.39 Å². The number of nitrogens with zero attached hydrogens (tertiary/aromatic N) is 2. The third-order valence-electron chi connectivity index (χ3n) is 7.03. The normalized spacial score (nSPS) is 17.7. The number of hydrogen-bond acceptors (Lipinski definition) is 7. The lowest BCUT2D eigenvalue weighted by molar-refractivity contribution is -0.123. The molecule has 1 aliphatic rings. The van der Waals surface area contributed by atoms with Crippen molar-refractivity contribution in [2.24, 2.45) is 5.73 Å². The van der Waals surface area contributed by atoms with Crippen molar-refractivity contribution in [2.45, 2.75) is 24.9 Å². The summed E-state index contributed by atoms with van der Waals surface area (Å²) in [6.07, 6.45) is 1.64. The Hall–Kier alpha value is -4.57. The molecule has 0 radical (unpaired) electrons. The Bertz CT molecular complexity index is 1610. The van der Waals surface area contributed by atoms with Crippen LogP contribution in [0.15, 0.2) is 60.8 Å². The summed E-state index contributed by atoms with van der Waals surface area (Å²) in [5, 5.41) is 15.0. The van der Waals surface area contributed by atoms with Crippen LogP contribution in [-0.2, 0) is 15.8 Å². The number of carbonyl (C=O) groups is 2. The molecule has 1 unspecified atom stereocenters. The van der Waals surface area contributed by atoms with Gasteiger partial charge < -0.3 is 25.6 Å². The molecule has 9 nitrogen and oxygen atoms in total. The Labute approximate surface area is 223 Å². The van der Waals surface area contributed by atoms with Crippen molar-refractivity contribution in [1.82, 2.24) is 15.3 Å². The van der Waals surface area contributed by atoms with Crippen molar-refractivity contribution in [3.05, 3.63) is 83.4 Å². The van der Waals surface area contributed by atoms with Gasteiger partial charge in [0.25, 0.3) is 5.91 Å². The van der Waals surface area contributed by atoms with Gasteiger partial charge in [-0.25, -0.2) is 9.37 Å². The highest BCUT2D eigenvalue weighted by Crippen LogP contribution is 2.45. The van der Waals surface area contributed by atoms with Gasteiger partial charge in [-0.2, -0.15) is 0 Å². The summed E-state index contributed by atoms with van der Waals surface area (Å²) >= 11 is 0. The topological polar surface area (TPSA) is 137 Å². The molecule has 0 fully saturated rings. The molecule has 0 saturated carbocycles. The number of methoxy groups -OCH3 is 1. The van der Waals surface area contributed by atoms with Crippen LogP contribution in [0.1, 0.15) is 35.5 Å². The van der Waals surface area contributed by atoms with E-state index in [1.165, 1.54) is 38.3 Å². The lowest BCUT2D eigenvalue weighted by Gasteiger charge is -2.26. The Morgan fingerprint density at radius 3 is 2.67 bits per heavy atom. The minimum absolute atomic E-state index is 0.00543. The second-order valence-corrected chi connectivity index (χ2v) is 9.93. The maximum Gasteiger partial charge on any atom is 0.251 e. The van der Waals surface area contributed by atoms with E-state index in [0.717, 1.165) is 5.39 Å². The molecule has 2 aromatic carbocycles. The molecule has 200 valence electrons. The number of primary amides is 1. The van der Waals surface area contributed by atoms with Gasteiger partial charge in [0, 0.05) is 28.3 Å². The van der Waals surface area contributed by atoms with Gasteiger partial charge in [-0.3, -0.25) is 14.6 Å². The van der Waals surface area contributed by atoms with Crippen LogP contribution in [0.5, 0.6) is 11.5 Å². The number of aliphatic hydroxyl groups is 1. The third kappa shape index (κ3) is 4.63. The number of ether oxygens (including phenoxy) is 2. The largest absolute Gasteiger partial charge is 0.494 e. The zero-order valence-corrected chi connectivity index (χ0v) is 21.6. The van der Waals surface area contributed by atoms with E-state index >= 15 is 0 Å². The summed E-state index contributed by atoms with van der Waals surface area (Å²) in [7, 11) is 1.50. The van der Waals surface area contributed by atoms with Crippen molar-refractivity contribution in [3.63, 3.8) is 0 Å². The maximum atomic E-state index is 13.6. The molecule has 0 saturated heterocycles. The van der Waals surface area contributed by atoms with E-state index in [-0.39, 0.29) is 18.8 Å². The van der Waals surface area contributed by atoms with E-state index in [1.54, 1.807) is 37.4 Å². The second-order valence-electron chi connectivity index (χ2n) is 9.93. The first-order valence-corrected chi connectivity index (χ1v) is 12.2. The fourth-order valence-electron chi connectivity index (χ4n) is 4.56. The third-order valence-corrected chi connectivity index (χ3v) is 7.03. The molecular formula is C29H27FN4O5. The highest BCUT2D eigenvalue weighted by atomic mass is 19.1. The summed E-state index contributed by atoms with van der Waals surface area (Å²) in [5.74, 6) is -0.686. The lowest BCUT2D eigenvalue weighted by Crippen LogP contribution is -2.41. The van der Waals surface area contributed by atoms with Crippen molar-refractivity contribution in [1.29, 1.82) is 0 Å². The first-order chi connectivity index (χ1) is 18.5. The first-order valence-electron chi connectivity index (χ1n) is 12.2. The number of pyridine rings is 2. The molecule has 2 amide bonds. The standard InChI is InChI=1S/C29H27FN4O5/c1-28(27(31)36)15-39-25-20(28)13-22(34-24(25)16-6-8-19(30)9-7-16)29(2,37)14-33-26(35)18-11-17-5-4-10-32-23(17)21(12-18)38-3/h4-13,37H,14-15H2,1-3H3,(H2,31,36)(H,33,35)/t28-,29?/m0/s1. The molecule has 10 heteroatoms. The molecule has 0 spiro atoms. The van der Waals surface area contributed by atoms with Crippen molar-refractivity contribution < 1.29 is 28.6 Å².